The molecule has 29 heavy (non-hydrogen) atoms. The van der Waals surface area contributed by atoms with E-state index in [4.69, 9.17) is 4.99 Å². The Hall–Kier alpha value is -0.430. The molecular weight excluding hydrogens is 521 g/mol. The van der Waals surface area contributed by atoms with Gasteiger partial charge in [-0.1, -0.05) is 6.07 Å². The topological polar surface area (TPSA) is 85.8 Å². The van der Waals surface area contributed by atoms with Gasteiger partial charge in [-0.2, -0.15) is 0 Å². The summed E-state index contributed by atoms with van der Waals surface area (Å²) in [7, 11) is -0.906. The summed E-state index contributed by atoms with van der Waals surface area (Å²) in [6, 6.07) is 4.79. The van der Waals surface area contributed by atoms with Gasteiger partial charge in [0.15, 0.2) is 5.96 Å². The maximum atomic E-state index is 11.5. The zero-order valence-electron chi connectivity index (χ0n) is 17.7. The van der Waals surface area contributed by atoms with Crippen molar-refractivity contribution in [2.45, 2.75) is 39.2 Å². The molecule has 0 spiro atoms. The van der Waals surface area contributed by atoms with Gasteiger partial charge in [-0.05, 0) is 64.1 Å². The molecule has 1 saturated heterocycles. The number of sulfonamides is 1. The van der Waals surface area contributed by atoms with Crippen LogP contribution in [0, 0.1) is 5.92 Å². The summed E-state index contributed by atoms with van der Waals surface area (Å²) in [6.45, 7) is 7.53. The fourth-order valence-corrected chi connectivity index (χ4v) is 5.18. The number of nitrogens with zero attached hydrogens (tertiary/aromatic N) is 2. The van der Waals surface area contributed by atoms with Crippen molar-refractivity contribution in [3.63, 3.8) is 0 Å². The Morgan fingerprint density at radius 2 is 2.10 bits per heavy atom. The molecule has 1 aliphatic rings. The number of guanidine groups is 1. The number of nitrogens with one attached hydrogen (secondary N) is 3. The number of likely N-dealkylation sites (tertiary alicyclic amines) is 1. The first-order valence-corrected chi connectivity index (χ1v) is 12.7. The van der Waals surface area contributed by atoms with Crippen molar-refractivity contribution in [3.8, 4) is 0 Å². The zero-order chi connectivity index (χ0) is 20.4. The largest absolute Gasteiger partial charge is 0.357 e. The predicted octanol–water partition coefficient (Wildman–Crippen LogP) is 2.63. The first kappa shape index (κ1) is 26.6. The molecule has 0 saturated carbocycles. The van der Waals surface area contributed by atoms with Crippen LogP contribution in [-0.2, 0) is 10.0 Å². The molecule has 168 valence electrons. The Morgan fingerprint density at radius 1 is 1.31 bits per heavy atom. The van der Waals surface area contributed by atoms with E-state index in [1.54, 1.807) is 6.92 Å². The van der Waals surface area contributed by atoms with Crippen LogP contribution in [0.2, 0.25) is 0 Å². The first-order valence-electron chi connectivity index (χ1n) is 10.2. The van der Waals surface area contributed by atoms with Gasteiger partial charge in [-0.15, -0.1) is 35.3 Å². The minimum atomic E-state index is -3.12. The van der Waals surface area contributed by atoms with Crippen molar-refractivity contribution in [3.05, 3.63) is 22.4 Å². The Balaban J connectivity index is 0.00000420. The molecule has 2 atom stereocenters. The quantitative estimate of drug-likeness (QED) is 0.178. The van der Waals surface area contributed by atoms with Gasteiger partial charge in [0.05, 0.1) is 5.75 Å². The van der Waals surface area contributed by atoms with Crippen LogP contribution in [0.15, 0.2) is 22.5 Å². The van der Waals surface area contributed by atoms with Crippen molar-refractivity contribution < 1.29 is 8.42 Å². The second kappa shape index (κ2) is 13.8. The smallest absolute Gasteiger partial charge is 0.211 e. The fourth-order valence-electron chi connectivity index (χ4n) is 3.54. The standard InChI is InChI=1S/C19H35N5O2S2.HI/c1-4-20-19(21-11-8-12-23-28(25,26)5-2)22-15-16-9-6-13-24(3)18(16)17-10-7-14-27-17;/h7,10,14,16,18,23H,4-6,8-9,11-13,15H2,1-3H3,(H2,20,21,22);1H. The molecule has 1 aromatic rings. The minimum absolute atomic E-state index is 0. The Labute approximate surface area is 197 Å². The third-order valence-electron chi connectivity index (χ3n) is 5.02. The van der Waals surface area contributed by atoms with Gasteiger partial charge in [-0.3, -0.25) is 9.89 Å². The lowest BCUT2D eigenvalue weighted by molar-refractivity contribution is 0.128. The average Bonchev–Trinajstić information content (AvgIpc) is 3.20. The van der Waals surface area contributed by atoms with E-state index in [-0.39, 0.29) is 29.7 Å². The van der Waals surface area contributed by atoms with E-state index in [0.29, 0.717) is 31.5 Å². The Kier molecular flexibility index (Phi) is 12.7. The van der Waals surface area contributed by atoms with Gasteiger partial charge in [0.1, 0.15) is 0 Å². The highest BCUT2D eigenvalue weighted by Crippen LogP contribution is 2.37. The molecule has 0 bridgehead atoms. The zero-order valence-corrected chi connectivity index (χ0v) is 21.6. The monoisotopic (exact) mass is 557 g/mol. The molecule has 10 heteroatoms. The van der Waals surface area contributed by atoms with Crippen molar-refractivity contribution in [2.24, 2.45) is 10.9 Å². The normalized spacial score (nSPS) is 20.9. The van der Waals surface area contributed by atoms with E-state index in [2.05, 4.69) is 51.7 Å². The van der Waals surface area contributed by atoms with Gasteiger partial charge >= 0.3 is 0 Å². The van der Waals surface area contributed by atoms with Crippen LogP contribution in [-0.4, -0.2) is 64.8 Å². The van der Waals surface area contributed by atoms with Gasteiger partial charge in [0, 0.05) is 37.1 Å². The lowest BCUT2D eigenvalue weighted by atomic mass is 9.88. The summed E-state index contributed by atoms with van der Waals surface area (Å²) in [5, 5.41) is 8.76. The van der Waals surface area contributed by atoms with Crippen molar-refractivity contribution in [1.29, 1.82) is 0 Å². The van der Waals surface area contributed by atoms with Crippen LogP contribution in [0.1, 0.15) is 44.0 Å². The molecule has 1 aliphatic heterocycles. The summed E-state index contributed by atoms with van der Waals surface area (Å²) in [5.74, 6) is 1.43. The average molecular weight is 558 g/mol. The highest BCUT2D eigenvalue weighted by atomic mass is 127. The van der Waals surface area contributed by atoms with Crippen molar-refractivity contribution >= 4 is 51.3 Å². The van der Waals surface area contributed by atoms with Crippen LogP contribution >= 0.6 is 35.3 Å². The third kappa shape index (κ3) is 9.07. The van der Waals surface area contributed by atoms with E-state index in [1.807, 2.05) is 11.3 Å². The van der Waals surface area contributed by atoms with E-state index in [9.17, 15) is 8.42 Å². The van der Waals surface area contributed by atoms with Gasteiger partial charge in [0.2, 0.25) is 10.0 Å². The van der Waals surface area contributed by atoms with E-state index >= 15 is 0 Å². The van der Waals surface area contributed by atoms with Gasteiger partial charge in [-0.25, -0.2) is 13.1 Å². The summed E-state index contributed by atoms with van der Waals surface area (Å²) >= 11 is 1.83. The Morgan fingerprint density at radius 3 is 2.76 bits per heavy atom. The second-order valence-corrected chi connectivity index (χ2v) is 10.2. The number of rotatable bonds is 10. The summed E-state index contributed by atoms with van der Waals surface area (Å²) in [5.41, 5.74) is 0. The summed E-state index contributed by atoms with van der Waals surface area (Å²) < 4.78 is 25.5. The molecule has 0 amide bonds. The molecule has 3 N–H and O–H groups in total. The molecule has 2 heterocycles. The van der Waals surface area contributed by atoms with E-state index in [0.717, 1.165) is 25.6 Å². The third-order valence-corrected chi connectivity index (χ3v) is 7.36. The lowest BCUT2D eigenvalue weighted by Gasteiger charge is -2.38. The highest BCUT2D eigenvalue weighted by Gasteiger charge is 2.31. The number of hydrogen-bond acceptors (Lipinski definition) is 5. The fraction of sp³-hybridized carbons (Fsp3) is 0.737. The molecule has 0 aromatic carbocycles. The summed E-state index contributed by atoms with van der Waals surface area (Å²) in [4.78, 5) is 8.70. The van der Waals surface area contributed by atoms with Crippen LogP contribution < -0.4 is 15.4 Å². The first-order chi connectivity index (χ1) is 13.5. The van der Waals surface area contributed by atoms with Crippen LogP contribution in [0.4, 0.5) is 0 Å². The second-order valence-electron chi connectivity index (χ2n) is 7.14. The molecule has 7 nitrogen and oxygen atoms in total. The maximum Gasteiger partial charge on any atom is 0.211 e. The molecule has 1 fully saturated rings. The SMILES string of the molecule is CCNC(=NCC1CCCN(C)C1c1cccs1)NCCCNS(=O)(=O)CC.I. The lowest BCUT2D eigenvalue weighted by Crippen LogP contribution is -2.40. The van der Waals surface area contributed by atoms with Crippen molar-refractivity contribution in [2.75, 3.05) is 45.5 Å². The van der Waals surface area contributed by atoms with Gasteiger partial charge < -0.3 is 10.6 Å². The molecule has 1 aromatic heterocycles. The number of piperidine rings is 1. The number of halogens is 1. The molecule has 0 radical (unpaired) electrons. The van der Waals surface area contributed by atoms with Crippen LogP contribution in [0.5, 0.6) is 0 Å². The number of thiophene rings is 1. The van der Waals surface area contributed by atoms with Crippen LogP contribution in [0.25, 0.3) is 0 Å². The predicted molar refractivity (Wildman–Crippen MR) is 134 cm³/mol. The van der Waals surface area contributed by atoms with Crippen molar-refractivity contribution in [1.82, 2.24) is 20.3 Å². The number of aliphatic imine (C=N–C) groups is 1. The summed E-state index contributed by atoms with van der Waals surface area (Å²) in [6.07, 6.45) is 3.11. The minimum Gasteiger partial charge on any atom is -0.357 e. The highest BCUT2D eigenvalue weighted by molar-refractivity contribution is 14.0. The molecule has 2 unspecified atom stereocenters. The number of hydrogen-bond donors (Lipinski definition) is 3. The van der Waals surface area contributed by atoms with Gasteiger partial charge in [0.25, 0.3) is 0 Å². The molecule has 0 aliphatic carbocycles. The maximum absolute atomic E-state index is 11.5. The van der Waals surface area contributed by atoms with E-state index in [1.165, 1.54) is 17.7 Å². The van der Waals surface area contributed by atoms with E-state index < -0.39 is 10.0 Å². The molecular formula is C19H36IN5O2S2. The Bertz CT molecular complexity index is 697. The molecule has 2 rings (SSSR count). The van der Waals surface area contributed by atoms with Crippen LogP contribution in [0.3, 0.4) is 0 Å².